The van der Waals surface area contributed by atoms with Crippen LogP contribution in [0.4, 0.5) is 0 Å². The Morgan fingerprint density at radius 2 is 2.24 bits per heavy atom. The first-order chi connectivity index (χ1) is 8.33. The minimum atomic E-state index is 0.486. The fourth-order valence-corrected chi connectivity index (χ4v) is 2.50. The molecule has 1 aliphatic carbocycles. The number of rotatable bonds is 6. The quantitative estimate of drug-likeness (QED) is 0.811. The van der Waals surface area contributed by atoms with Crippen LogP contribution in [0.1, 0.15) is 44.2 Å². The molecule has 0 saturated heterocycles. The molecule has 2 heteroatoms. The number of methoxy groups -OCH3 is 1. The zero-order valence-corrected chi connectivity index (χ0v) is 10.9. The molecule has 2 rings (SSSR count). The van der Waals surface area contributed by atoms with Gasteiger partial charge in [0.25, 0.3) is 0 Å². The van der Waals surface area contributed by atoms with E-state index in [0.717, 1.165) is 18.2 Å². The molecule has 94 valence electrons. The Hall–Kier alpha value is -1.02. The Morgan fingerprint density at radius 1 is 1.41 bits per heavy atom. The second-order valence-corrected chi connectivity index (χ2v) is 4.92. The lowest BCUT2D eigenvalue weighted by Gasteiger charge is -2.30. The van der Waals surface area contributed by atoms with E-state index in [1.807, 2.05) is 6.07 Å². The minimum absolute atomic E-state index is 0.486. The molecule has 1 atom stereocenters. The van der Waals surface area contributed by atoms with Gasteiger partial charge in [0.2, 0.25) is 0 Å². The van der Waals surface area contributed by atoms with Crippen LogP contribution in [-0.4, -0.2) is 13.7 Å². The minimum Gasteiger partial charge on any atom is -0.497 e. The molecule has 0 aromatic heterocycles. The number of benzene rings is 1. The third-order valence-corrected chi connectivity index (χ3v) is 3.74. The second kappa shape index (κ2) is 6.06. The summed E-state index contributed by atoms with van der Waals surface area (Å²) in [5.41, 5.74) is 1.36. The van der Waals surface area contributed by atoms with Crippen LogP contribution in [-0.2, 0) is 0 Å². The van der Waals surface area contributed by atoms with Gasteiger partial charge in [-0.05, 0) is 36.6 Å². The van der Waals surface area contributed by atoms with Crippen molar-refractivity contribution < 1.29 is 4.74 Å². The lowest BCUT2D eigenvalue weighted by atomic mass is 9.79. The molecule has 1 aromatic carbocycles. The number of nitrogens with one attached hydrogen (secondary N) is 1. The van der Waals surface area contributed by atoms with E-state index < -0.39 is 0 Å². The lowest BCUT2D eigenvalue weighted by Crippen LogP contribution is -2.25. The molecule has 2 nitrogen and oxygen atoms in total. The molecular formula is C15H23NO. The summed E-state index contributed by atoms with van der Waals surface area (Å²) in [7, 11) is 1.73. The van der Waals surface area contributed by atoms with Gasteiger partial charge in [0.15, 0.2) is 0 Å². The van der Waals surface area contributed by atoms with Crippen molar-refractivity contribution in [3.8, 4) is 5.75 Å². The highest BCUT2D eigenvalue weighted by Gasteiger charge is 2.22. The zero-order chi connectivity index (χ0) is 12.1. The summed E-state index contributed by atoms with van der Waals surface area (Å²) in [5, 5.41) is 3.59. The average molecular weight is 233 g/mol. The largest absolute Gasteiger partial charge is 0.497 e. The van der Waals surface area contributed by atoms with Crippen molar-refractivity contribution in [1.29, 1.82) is 0 Å². The van der Waals surface area contributed by atoms with Crippen LogP contribution in [0, 0.1) is 5.92 Å². The normalized spacial score (nSPS) is 17.5. The van der Waals surface area contributed by atoms with Gasteiger partial charge in [-0.2, -0.15) is 0 Å². The Labute approximate surface area is 104 Å². The topological polar surface area (TPSA) is 21.3 Å². The fourth-order valence-electron chi connectivity index (χ4n) is 2.50. The summed E-state index contributed by atoms with van der Waals surface area (Å²) in [5.74, 6) is 1.88. The molecule has 0 radical (unpaired) electrons. The first-order valence-corrected chi connectivity index (χ1v) is 6.70. The van der Waals surface area contributed by atoms with Crippen molar-refractivity contribution in [2.24, 2.45) is 5.92 Å². The van der Waals surface area contributed by atoms with Crippen molar-refractivity contribution >= 4 is 0 Å². The van der Waals surface area contributed by atoms with E-state index in [9.17, 15) is 0 Å². The van der Waals surface area contributed by atoms with Crippen LogP contribution in [0.15, 0.2) is 24.3 Å². The van der Waals surface area contributed by atoms with Gasteiger partial charge < -0.3 is 10.1 Å². The monoisotopic (exact) mass is 233 g/mol. The van der Waals surface area contributed by atoms with E-state index in [1.54, 1.807) is 7.11 Å². The predicted octanol–water partition coefficient (Wildman–Crippen LogP) is 3.54. The van der Waals surface area contributed by atoms with Gasteiger partial charge in [0.1, 0.15) is 5.75 Å². The Morgan fingerprint density at radius 3 is 2.82 bits per heavy atom. The van der Waals surface area contributed by atoms with Crippen LogP contribution in [0.5, 0.6) is 5.75 Å². The maximum absolute atomic E-state index is 5.30. The summed E-state index contributed by atoms with van der Waals surface area (Å²) >= 11 is 0. The predicted molar refractivity (Wildman–Crippen MR) is 71.4 cm³/mol. The summed E-state index contributed by atoms with van der Waals surface area (Å²) in [6.45, 7) is 3.20. The summed E-state index contributed by atoms with van der Waals surface area (Å²) in [4.78, 5) is 0. The molecule has 0 heterocycles. The van der Waals surface area contributed by atoms with E-state index in [2.05, 4.69) is 30.4 Å². The fraction of sp³-hybridized carbons (Fsp3) is 0.600. The van der Waals surface area contributed by atoms with Gasteiger partial charge in [-0.3, -0.25) is 0 Å². The van der Waals surface area contributed by atoms with Crippen molar-refractivity contribution in [2.45, 2.75) is 38.6 Å². The number of hydrogen-bond donors (Lipinski definition) is 1. The summed E-state index contributed by atoms with van der Waals surface area (Å²) in [6, 6.07) is 8.94. The standard InChI is InChI=1S/C15H23NO/c1-3-16-15(10-12-6-4-7-12)13-8-5-9-14(11-13)17-2/h5,8-9,11-12,15-16H,3-4,6-7,10H2,1-2H3. The van der Waals surface area contributed by atoms with E-state index in [1.165, 1.54) is 31.2 Å². The summed E-state index contributed by atoms with van der Waals surface area (Å²) in [6.07, 6.45) is 5.50. The van der Waals surface area contributed by atoms with Crippen LogP contribution >= 0.6 is 0 Å². The van der Waals surface area contributed by atoms with Gasteiger partial charge in [-0.15, -0.1) is 0 Å². The highest BCUT2D eigenvalue weighted by molar-refractivity contribution is 5.30. The van der Waals surface area contributed by atoms with Gasteiger partial charge in [-0.25, -0.2) is 0 Å². The van der Waals surface area contributed by atoms with Gasteiger partial charge in [0, 0.05) is 6.04 Å². The average Bonchev–Trinajstić information content (AvgIpc) is 2.32. The van der Waals surface area contributed by atoms with Crippen LogP contribution in [0.3, 0.4) is 0 Å². The molecule has 17 heavy (non-hydrogen) atoms. The third-order valence-electron chi connectivity index (χ3n) is 3.74. The van der Waals surface area contributed by atoms with Crippen molar-refractivity contribution in [2.75, 3.05) is 13.7 Å². The van der Waals surface area contributed by atoms with E-state index in [0.29, 0.717) is 6.04 Å². The van der Waals surface area contributed by atoms with E-state index >= 15 is 0 Å². The lowest BCUT2D eigenvalue weighted by molar-refractivity contribution is 0.262. The number of ether oxygens (including phenoxy) is 1. The van der Waals surface area contributed by atoms with Gasteiger partial charge in [-0.1, -0.05) is 38.3 Å². The maximum Gasteiger partial charge on any atom is 0.119 e. The second-order valence-electron chi connectivity index (χ2n) is 4.92. The Balaban J connectivity index is 2.06. The molecule has 0 bridgehead atoms. The Bertz CT molecular complexity index is 347. The number of hydrogen-bond acceptors (Lipinski definition) is 2. The molecule has 0 aliphatic heterocycles. The van der Waals surface area contributed by atoms with Gasteiger partial charge >= 0.3 is 0 Å². The van der Waals surface area contributed by atoms with E-state index in [-0.39, 0.29) is 0 Å². The van der Waals surface area contributed by atoms with Crippen LogP contribution in [0.25, 0.3) is 0 Å². The Kier molecular flexibility index (Phi) is 4.43. The van der Waals surface area contributed by atoms with Crippen molar-refractivity contribution in [1.82, 2.24) is 5.32 Å². The third kappa shape index (κ3) is 3.22. The maximum atomic E-state index is 5.30. The molecule has 1 saturated carbocycles. The molecule has 1 aromatic rings. The molecule has 0 spiro atoms. The molecule has 1 fully saturated rings. The van der Waals surface area contributed by atoms with Crippen LogP contribution in [0.2, 0.25) is 0 Å². The first kappa shape index (κ1) is 12.4. The SMILES string of the molecule is CCNC(CC1CCC1)c1cccc(OC)c1. The highest BCUT2D eigenvalue weighted by atomic mass is 16.5. The highest BCUT2D eigenvalue weighted by Crippen LogP contribution is 2.35. The zero-order valence-electron chi connectivity index (χ0n) is 10.9. The molecule has 0 amide bonds. The van der Waals surface area contributed by atoms with Gasteiger partial charge in [0.05, 0.1) is 7.11 Å². The van der Waals surface area contributed by atoms with Crippen LogP contribution < -0.4 is 10.1 Å². The van der Waals surface area contributed by atoms with Crippen molar-refractivity contribution in [3.05, 3.63) is 29.8 Å². The smallest absolute Gasteiger partial charge is 0.119 e. The van der Waals surface area contributed by atoms with E-state index in [4.69, 9.17) is 4.74 Å². The molecule has 1 unspecified atom stereocenters. The molecular weight excluding hydrogens is 210 g/mol. The summed E-state index contributed by atoms with van der Waals surface area (Å²) < 4.78 is 5.30. The van der Waals surface area contributed by atoms with Crippen molar-refractivity contribution in [3.63, 3.8) is 0 Å². The molecule has 1 aliphatic rings. The molecule has 1 N–H and O–H groups in total. The first-order valence-electron chi connectivity index (χ1n) is 6.70.